The van der Waals surface area contributed by atoms with Crippen LogP contribution in [0.15, 0.2) is 24.3 Å². The van der Waals surface area contributed by atoms with E-state index in [-0.39, 0.29) is 11.8 Å². The van der Waals surface area contributed by atoms with Gasteiger partial charge in [-0.25, -0.2) is 26.3 Å². The molecule has 0 amide bonds. The van der Waals surface area contributed by atoms with Gasteiger partial charge >= 0.3 is 0 Å². The van der Waals surface area contributed by atoms with Crippen molar-refractivity contribution in [1.82, 2.24) is 0 Å². The van der Waals surface area contributed by atoms with Crippen molar-refractivity contribution in [3.8, 4) is 0 Å². The van der Waals surface area contributed by atoms with Crippen LogP contribution in [0.1, 0.15) is 191 Å². The second kappa shape index (κ2) is 20.6. The molecule has 6 rings (SSSR count). The zero-order valence-electron chi connectivity index (χ0n) is 32.2. The van der Waals surface area contributed by atoms with E-state index in [1.54, 1.807) is 0 Å². The molecule has 4 aliphatic carbocycles. The summed E-state index contributed by atoms with van der Waals surface area (Å²) in [4.78, 5) is 0. The van der Waals surface area contributed by atoms with Gasteiger partial charge in [0.25, 0.3) is 0 Å². The van der Waals surface area contributed by atoms with E-state index in [1.807, 2.05) is 0 Å². The van der Waals surface area contributed by atoms with Crippen molar-refractivity contribution in [2.75, 3.05) is 0 Å². The van der Waals surface area contributed by atoms with Crippen molar-refractivity contribution in [1.29, 1.82) is 0 Å². The summed E-state index contributed by atoms with van der Waals surface area (Å²) in [6.45, 7) is 4.58. The predicted molar refractivity (Wildman–Crippen MR) is 201 cm³/mol. The molecule has 0 nitrogen and oxygen atoms in total. The molecule has 4 saturated carbocycles. The van der Waals surface area contributed by atoms with Crippen molar-refractivity contribution in [2.45, 2.75) is 180 Å². The molecule has 0 N–H and O–H groups in total. The third kappa shape index (κ3) is 12.0. The standard InChI is InChI=1S/2C23H33F3/c2*1-2-3-16-4-6-17(7-5-16)8-9-18-10-12-19(13-11-18)20-14-21(24)23(26)22(25)15-20/h2*14-19H,2-13H2,1H3. The minimum Gasteiger partial charge on any atom is -0.204 e. The van der Waals surface area contributed by atoms with Crippen LogP contribution in [0.3, 0.4) is 0 Å². The molecular weight excluding hydrogens is 666 g/mol. The number of rotatable bonds is 12. The molecule has 0 heterocycles. The molecule has 0 bridgehead atoms. The van der Waals surface area contributed by atoms with Crippen LogP contribution < -0.4 is 0 Å². The molecule has 0 aromatic heterocycles. The van der Waals surface area contributed by atoms with Crippen LogP contribution in [0, 0.1) is 70.4 Å². The molecule has 2 aromatic carbocycles. The summed E-state index contributed by atoms with van der Waals surface area (Å²) in [5, 5.41) is 0. The van der Waals surface area contributed by atoms with Gasteiger partial charge in [0.15, 0.2) is 34.9 Å². The topological polar surface area (TPSA) is 0 Å². The zero-order chi connectivity index (χ0) is 37.0. The average Bonchev–Trinajstić information content (AvgIpc) is 3.16. The summed E-state index contributed by atoms with van der Waals surface area (Å²) in [5.41, 5.74) is 1.27. The molecule has 52 heavy (non-hydrogen) atoms. The second-order valence-electron chi connectivity index (χ2n) is 17.5. The summed E-state index contributed by atoms with van der Waals surface area (Å²) in [6, 6.07) is 4.77. The Morgan fingerprint density at radius 3 is 0.788 bits per heavy atom. The first-order valence-electron chi connectivity index (χ1n) is 21.4. The quantitative estimate of drug-likeness (QED) is 0.151. The first-order valence-corrected chi connectivity index (χ1v) is 21.4. The van der Waals surface area contributed by atoms with Crippen LogP contribution in [-0.4, -0.2) is 0 Å². The van der Waals surface area contributed by atoms with E-state index >= 15 is 0 Å². The van der Waals surface area contributed by atoms with E-state index in [0.29, 0.717) is 11.1 Å². The van der Waals surface area contributed by atoms with E-state index < -0.39 is 34.9 Å². The Labute approximate surface area is 311 Å². The minimum atomic E-state index is -1.35. The number of benzene rings is 2. The van der Waals surface area contributed by atoms with Crippen molar-refractivity contribution < 1.29 is 26.3 Å². The number of hydrogen-bond acceptors (Lipinski definition) is 0. The second-order valence-corrected chi connectivity index (χ2v) is 17.5. The van der Waals surface area contributed by atoms with Gasteiger partial charge in [0, 0.05) is 0 Å². The Hall–Kier alpha value is -1.98. The van der Waals surface area contributed by atoms with Gasteiger partial charge in [0.1, 0.15) is 0 Å². The van der Waals surface area contributed by atoms with E-state index in [9.17, 15) is 26.3 Å². The maximum absolute atomic E-state index is 13.5. The van der Waals surface area contributed by atoms with Crippen molar-refractivity contribution in [3.05, 3.63) is 70.3 Å². The fourth-order valence-electron chi connectivity index (χ4n) is 10.6. The van der Waals surface area contributed by atoms with Gasteiger partial charge in [-0.05, 0) is 134 Å². The fraction of sp³-hybridized carbons (Fsp3) is 0.739. The third-order valence-electron chi connectivity index (χ3n) is 13.9. The highest BCUT2D eigenvalue weighted by Gasteiger charge is 2.28. The molecule has 4 fully saturated rings. The lowest BCUT2D eigenvalue weighted by molar-refractivity contribution is 0.224. The van der Waals surface area contributed by atoms with Crippen molar-refractivity contribution in [2.24, 2.45) is 35.5 Å². The monoisotopic (exact) mass is 733 g/mol. The summed E-state index contributed by atoms with van der Waals surface area (Å²) >= 11 is 0. The summed E-state index contributed by atoms with van der Waals surface area (Å²) in [6.07, 6.45) is 30.5. The van der Waals surface area contributed by atoms with E-state index in [2.05, 4.69) is 13.8 Å². The molecule has 4 aliphatic rings. The van der Waals surface area contributed by atoms with Crippen molar-refractivity contribution >= 4 is 0 Å². The zero-order valence-corrected chi connectivity index (χ0v) is 32.2. The molecule has 6 heteroatoms. The fourth-order valence-corrected chi connectivity index (χ4v) is 10.6. The van der Waals surface area contributed by atoms with Gasteiger partial charge in [-0.3, -0.25) is 0 Å². The highest BCUT2D eigenvalue weighted by Crippen LogP contribution is 2.42. The first kappa shape index (κ1) is 41.2. The Morgan fingerprint density at radius 1 is 0.346 bits per heavy atom. The lowest BCUT2D eigenvalue weighted by Crippen LogP contribution is -2.18. The Bertz CT molecular complexity index is 1190. The summed E-state index contributed by atoms with van der Waals surface area (Å²) < 4.78 is 80.1. The maximum Gasteiger partial charge on any atom is 0.194 e. The van der Waals surface area contributed by atoms with Gasteiger partial charge in [0.2, 0.25) is 0 Å². The van der Waals surface area contributed by atoms with Crippen LogP contribution in [0.2, 0.25) is 0 Å². The third-order valence-corrected chi connectivity index (χ3v) is 13.9. The molecule has 292 valence electrons. The van der Waals surface area contributed by atoms with Gasteiger partial charge in [0.05, 0.1) is 0 Å². The largest absolute Gasteiger partial charge is 0.204 e. The number of hydrogen-bond donors (Lipinski definition) is 0. The average molecular weight is 733 g/mol. The SMILES string of the molecule is CCCC1CCC(CCC2CCC(c3cc(F)c(F)c(F)c3)CC2)CC1.CCCC1CCC(CCC2CCC(c3cc(F)c(F)c(F)c3)CC2)CC1. The Morgan fingerprint density at radius 2 is 0.558 bits per heavy atom. The van der Waals surface area contributed by atoms with Gasteiger partial charge in [-0.2, -0.15) is 0 Å². The van der Waals surface area contributed by atoms with E-state index in [4.69, 9.17) is 0 Å². The van der Waals surface area contributed by atoms with Crippen LogP contribution in [-0.2, 0) is 0 Å². The van der Waals surface area contributed by atoms with E-state index in [1.165, 1.54) is 127 Å². The highest BCUT2D eigenvalue weighted by molar-refractivity contribution is 5.24. The van der Waals surface area contributed by atoms with Crippen LogP contribution >= 0.6 is 0 Å². The lowest BCUT2D eigenvalue weighted by Gasteiger charge is -2.32. The van der Waals surface area contributed by atoms with Gasteiger partial charge in [-0.15, -0.1) is 0 Å². The van der Waals surface area contributed by atoms with Gasteiger partial charge in [-0.1, -0.05) is 117 Å². The van der Waals surface area contributed by atoms with Crippen LogP contribution in [0.25, 0.3) is 0 Å². The molecular formula is C46H66F6. The molecule has 0 aliphatic heterocycles. The first-order chi connectivity index (χ1) is 25.1. The Balaban J connectivity index is 0.000000201. The minimum absolute atomic E-state index is 0.181. The van der Waals surface area contributed by atoms with Crippen molar-refractivity contribution in [3.63, 3.8) is 0 Å². The van der Waals surface area contributed by atoms with Gasteiger partial charge < -0.3 is 0 Å². The molecule has 0 saturated heterocycles. The molecule has 0 spiro atoms. The molecule has 0 radical (unpaired) electrons. The molecule has 2 aromatic rings. The smallest absolute Gasteiger partial charge is 0.194 e. The highest BCUT2D eigenvalue weighted by atomic mass is 19.2. The predicted octanol–water partition coefficient (Wildman–Crippen LogP) is 15.5. The maximum atomic E-state index is 13.5. The molecule has 0 atom stereocenters. The summed E-state index contributed by atoms with van der Waals surface area (Å²) in [7, 11) is 0. The normalized spacial score (nSPS) is 29.7. The van der Waals surface area contributed by atoms with Crippen LogP contribution in [0.4, 0.5) is 26.3 Å². The summed E-state index contributed by atoms with van der Waals surface area (Å²) in [5.74, 6) is -1.26. The number of halogens is 6. The van der Waals surface area contributed by atoms with Crippen LogP contribution in [0.5, 0.6) is 0 Å². The Kier molecular flexibility index (Phi) is 16.3. The van der Waals surface area contributed by atoms with E-state index in [0.717, 1.165) is 86.9 Å². The molecule has 0 unspecified atom stereocenters. The lowest BCUT2D eigenvalue weighted by atomic mass is 9.74.